The summed E-state index contributed by atoms with van der Waals surface area (Å²) in [5, 5.41) is 5.82. The Balaban J connectivity index is 1.45. The van der Waals surface area contributed by atoms with E-state index in [0.717, 1.165) is 23.3 Å². The number of H-pyrrole nitrogens is 1. The monoisotopic (exact) mass is 468 g/mol. The van der Waals surface area contributed by atoms with Gasteiger partial charge in [-0.2, -0.15) is 13.2 Å². The molecular formula is C24H19F3N4O3. The minimum absolute atomic E-state index is 0.184. The largest absolute Gasteiger partial charge is 0.469 e. The van der Waals surface area contributed by atoms with Gasteiger partial charge in [-0.25, -0.2) is 9.78 Å². The second kappa shape index (κ2) is 9.26. The third-order valence-electron chi connectivity index (χ3n) is 5.08. The Morgan fingerprint density at radius 2 is 1.68 bits per heavy atom. The highest BCUT2D eigenvalue weighted by Crippen LogP contribution is 2.30. The van der Waals surface area contributed by atoms with Crippen molar-refractivity contribution < 1.29 is 27.5 Å². The van der Waals surface area contributed by atoms with Crippen LogP contribution in [0.25, 0.3) is 22.3 Å². The van der Waals surface area contributed by atoms with Gasteiger partial charge in [0.15, 0.2) is 0 Å². The van der Waals surface area contributed by atoms with Crippen molar-refractivity contribution in [3.05, 3.63) is 78.0 Å². The van der Waals surface area contributed by atoms with E-state index in [-0.39, 0.29) is 18.1 Å². The number of aromatic nitrogens is 2. The maximum atomic E-state index is 12.7. The number of esters is 1. The highest BCUT2D eigenvalue weighted by Gasteiger charge is 2.30. The van der Waals surface area contributed by atoms with Crippen LogP contribution in [0.15, 0.2) is 66.9 Å². The normalized spacial score (nSPS) is 11.3. The molecule has 0 spiro atoms. The summed E-state index contributed by atoms with van der Waals surface area (Å²) in [6.45, 7) is 0. The molecule has 0 bridgehead atoms. The van der Waals surface area contributed by atoms with Crippen molar-refractivity contribution >= 4 is 34.4 Å². The predicted octanol–water partition coefficient (Wildman–Crippen LogP) is 5.61. The molecule has 34 heavy (non-hydrogen) atoms. The van der Waals surface area contributed by atoms with Crippen molar-refractivity contribution in [3.63, 3.8) is 0 Å². The topological polar surface area (TPSA) is 96.1 Å². The maximum Gasteiger partial charge on any atom is 0.416 e. The summed E-state index contributed by atoms with van der Waals surface area (Å²) in [4.78, 5) is 31.3. The molecule has 0 radical (unpaired) electrons. The zero-order chi connectivity index (χ0) is 24.3. The number of hydrogen-bond donors (Lipinski definition) is 3. The quantitative estimate of drug-likeness (QED) is 0.332. The first-order chi connectivity index (χ1) is 16.2. The van der Waals surface area contributed by atoms with Gasteiger partial charge in [0.1, 0.15) is 5.65 Å². The molecule has 0 unspecified atom stereocenters. The summed E-state index contributed by atoms with van der Waals surface area (Å²) in [5.74, 6) is -0.318. The van der Waals surface area contributed by atoms with E-state index in [1.54, 1.807) is 18.3 Å². The van der Waals surface area contributed by atoms with Crippen LogP contribution in [0.3, 0.4) is 0 Å². The van der Waals surface area contributed by atoms with E-state index < -0.39 is 17.8 Å². The molecule has 2 aromatic carbocycles. The molecule has 2 amide bonds. The number of methoxy groups -OCH3 is 1. The number of alkyl halides is 3. The minimum Gasteiger partial charge on any atom is -0.469 e. The van der Waals surface area contributed by atoms with Gasteiger partial charge >= 0.3 is 18.2 Å². The number of pyridine rings is 1. The van der Waals surface area contributed by atoms with Gasteiger partial charge in [0.05, 0.1) is 30.5 Å². The summed E-state index contributed by atoms with van der Waals surface area (Å²) < 4.78 is 42.7. The summed E-state index contributed by atoms with van der Waals surface area (Å²) in [7, 11) is 1.34. The molecule has 7 nitrogen and oxygen atoms in total. The van der Waals surface area contributed by atoms with Crippen molar-refractivity contribution in [1.29, 1.82) is 0 Å². The number of amides is 2. The Morgan fingerprint density at radius 1 is 0.971 bits per heavy atom. The summed E-state index contributed by atoms with van der Waals surface area (Å²) >= 11 is 0. The van der Waals surface area contributed by atoms with Gasteiger partial charge in [0.25, 0.3) is 0 Å². The molecule has 0 saturated heterocycles. The zero-order valence-electron chi connectivity index (χ0n) is 17.9. The lowest BCUT2D eigenvalue weighted by Crippen LogP contribution is -2.19. The van der Waals surface area contributed by atoms with Crippen molar-refractivity contribution in [2.24, 2.45) is 0 Å². The number of nitrogens with one attached hydrogen (secondary N) is 3. The highest BCUT2D eigenvalue weighted by atomic mass is 19.4. The first-order valence-corrected chi connectivity index (χ1v) is 10.1. The Kier molecular flexibility index (Phi) is 6.22. The van der Waals surface area contributed by atoms with Crippen LogP contribution >= 0.6 is 0 Å². The molecule has 0 aliphatic carbocycles. The van der Waals surface area contributed by atoms with Crippen molar-refractivity contribution in [2.45, 2.75) is 12.6 Å². The fourth-order valence-corrected chi connectivity index (χ4v) is 3.33. The van der Waals surface area contributed by atoms with Crippen LogP contribution in [-0.2, 0) is 22.1 Å². The number of carbonyl (C=O) groups excluding carboxylic acids is 2. The predicted molar refractivity (Wildman–Crippen MR) is 121 cm³/mol. The number of aromatic amines is 1. The number of urea groups is 1. The molecular weight excluding hydrogens is 449 g/mol. The molecule has 4 aromatic rings. The van der Waals surface area contributed by atoms with Gasteiger partial charge in [-0.05, 0) is 42.0 Å². The van der Waals surface area contributed by atoms with Crippen molar-refractivity contribution in [2.75, 3.05) is 17.7 Å². The van der Waals surface area contributed by atoms with Gasteiger partial charge in [-0.15, -0.1) is 0 Å². The maximum absolute atomic E-state index is 12.7. The lowest BCUT2D eigenvalue weighted by molar-refractivity contribution is -0.140. The summed E-state index contributed by atoms with van der Waals surface area (Å²) in [5.41, 5.74) is 2.80. The molecule has 2 heterocycles. The van der Waals surface area contributed by atoms with E-state index in [4.69, 9.17) is 0 Å². The second-order valence-corrected chi connectivity index (χ2v) is 7.40. The van der Waals surface area contributed by atoms with Crippen LogP contribution < -0.4 is 10.6 Å². The molecule has 2 aromatic heterocycles. The minimum atomic E-state index is -4.44. The molecule has 4 rings (SSSR count). The average molecular weight is 468 g/mol. The molecule has 0 fully saturated rings. The van der Waals surface area contributed by atoms with E-state index >= 15 is 0 Å². The number of carbonyl (C=O) groups is 2. The number of rotatable bonds is 5. The summed E-state index contributed by atoms with van der Waals surface area (Å²) in [6, 6.07) is 14.5. The molecule has 0 aliphatic rings. The Labute approximate surface area is 192 Å². The zero-order valence-corrected chi connectivity index (χ0v) is 17.9. The smallest absolute Gasteiger partial charge is 0.416 e. The molecule has 174 valence electrons. The molecule has 10 heteroatoms. The Morgan fingerprint density at radius 3 is 2.32 bits per heavy atom. The number of fused-ring (bicyclic) bond motifs is 1. The molecule has 0 atom stereocenters. The number of nitrogens with zero attached hydrogens (tertiary/aromatic N) is 1. The van der Waals surface area contributed by atoms with Crippen LogP contribution in [0, 0.1) is 0 Å². The van der Waals surface area contributed by atoms with E-state index in [0.29, 0.717) is 22.4 Å². The second-order valence-electron chi connectivity index (χ2n) is 7.40. The van der Waals surface area contributed by atoms with Gasteiger partial charge in [-0.3, -0.25) is 4.79 Å². The third-order valence-corrected chi connectivity index (χ3v) is 5.08. The lowest BCUT2D eigenvalue weighted by atomic mass is 10.1. The summed E-state index contributed by atoms with van der Waals surface area (Å²) in [6.07, 6.45) is -2.68. The van der Waals surface area contributed by atoms with Crippen LogP contribution in [0.1, 0.15) is 11.1 Å². The first-order valence-electron chi connectivity index (χ1n) is 10.1. The lowest BCUT2D eigenvalue weighted by Gasteiger charge is -2.09. The van der Waals surface area contributed by atoms with Gasteiger partial charge in [-0.1, -0.05) is 24.3 Å². The number of benzene rings is 2. The third kappa shape index (κ3) is 5.17. The van der Waals surface area contributed by atoms with Crippen LogP contribution in [-0.4, -0.2) is 29.1 Å². The molecule has 3 N–H and O–H groups in total. The molecule has 0 saturated carbocycles. The van der Waals surface area contributed by atoms with Gasteiger partial charge in [0.2, 0.25) is 0 Å². The fraction of sp³-hybridized carbons (Fsp3) is 0.125. The number of ether oxygens (including phenoxy) is 1. The van der Waals surface area contributed by atoms with Crippen LogP contribution in [0.5, 0.6) is 0 Å². The fourth-order valence-electron chi connectivity index (χ4n) is 3.33. The SMILES string of the molecule is COC(=O)Cc1ccc(-c2ccc3c(NC(=O)Nc4ccc(C(F)(F)F)cc4)c[nH]c3n2)cc1. The first kappa shape index (κ1) is 22.8. The van der Waals surface area contributed by atoms with E-state index in [1.165, 1.54) is 19.2 Å². The van der Waals surface area contributed by atoms with E-state index in [2.05, 4.69) is 25.3 Å². The molecule has 0 aliphatic heterocycles. The van der Waals surface area contributed by atoms with Gasteiger partial charge in [0, 0.05) is 22.8 Å². The number of anilines is 2. The standard InChI is InChI=1S/C24H19F3N4O3/c1-34-21(32)12-14-2-4-15(5-3-14)19-11-10-18-20(13-28-22(18)30-19)31-23(33)29-17-8-6-16(7-9-17)24(25,26)27/h2-11,13H,12H2,1H3,(H,28,30)(H2,29,31,33). The average Bonchev–Trinajstić information content (AvgIpc) is 3.21. The number of halogens is 3. The van der Waals surface area contributed by atoms with Crippen LogP contribution in [0.2, 0.25) is 0 Å². The highest BCUT2D eigenvalue weighted by molar-refractivity contribution is 6.05. The van der Waals surface area contributed by atoms with Crippen molar-refractivity contribution in [1.82, 2.24) is 9.97 Å². The van der Waals surface area contributed by atoms with Crippen LogP contribution in [0.4, 0.5) is 29.3 Å². The number of hydrogen-bond acceptors (Lipinski definition) is 4. The van der Waals surface area contributed by atoms with Crippen molar-refractivity contribution in [3.8, 4) is 11.3 Å². The van der Waals surface area contributed by atoms with E-state index in [9.17, 15) is 22.8 Å². The van der Waals surface area contributed by atoms with E-state index in [1.807, 2.05) is 24.3 Å². The Bertz CT molecular complexity index is 1330. The Hall–Kier alpha value is -4.34. The van der Waals surface area contributed by atoms with Gasteiger partial charge < -0.3 is 20.4 Å².